The van der Waals surface area contributed by atoms with Crippen LogP contribution in [-0.4, -0.2) is 38.9 Å². The SMILES string of the molecule is CC(C)(C)OC(=O)[C@@H]1CC[C@H](CCI)N1C(=O)C=Cc1cccs1. The first-order chi connectivity index (χ1) is 11.3. The zero-order chi connectivity index (χ0) is 17.7. The highest BCUT2D eigenvalue weighted by molar-refractivity contribution is 14.1. The number of rotatable bonds is 5. The fraction of sp³-hybridized carbons (Fsp3) is 0.556. The van der Waals surface area contributed by atoms with E-state index in [-0.39, 0.29) is 17.9 Å². The number of halogens is 1. The zero-order valence-electron chi connectivity index (χ0n) is 14.3. The fourth-order valence-electron chi connectivity index (χ4n) is 2.85. The number of alkyl halides is 1. The minimum Gasteiger partial charge on any atom is -0.458 e. The summed E-state index contributed by atoms with van der Waals surface area (Å²) in [5.74, 6) is -0.400. The summed E-state index contributed by atoms with van der Waals surface area (Å²) in [6.45, 7) is 5.56. The van der Waals surface area contributed by atoms with E-state index < -0.39 is 11.6 Å². The lowest BCUT2D eigenvalue weighted by molar-refractivity contribution is -0.163. The van der Waals surface area contributed by atoms with Crippen LogP contribution in [0.2, 0.25) is 0 Å². The van der Waals surface area contributed by atoms with Crippen LogP contribution in [-0.2, 0) is 14.3 Å². The van der Waals surface area contributed by atoms with Crippen LogP contribution in [0.1, 0.15) is 44.9 Å². The van der Waals surface area contributed by atoms with E-state index in [0.29, 0.717) is 6.42 Å². The Labute approximate surface area is 161 Å². The topological polar surface area (TPSA) is 46.6 Å². The number of hydrogen-bond acceptors (Lipinski definition) is 4. The monoisotopic (exact) mass is 461 g/mol. The molecular formula is C18H24INO3S. The summed E-state index contributed by atoms with van der Waals surface area (Å²) in [7, 11) is 0. The van der Waals surface area contributed by atoms with Crippen LogP contribution in [0.15, 0.2) is 23.6 Å². The molecule has 0 unspecified atom stereocenters. The second kappa shape index (κ2) is 8.47. The van der Waals surface area contributed by atoms with Gasteiger partial charge in [-0.25, -0.2) is 4.79 Å². The summed E-state index contributed by atoms with van der Waals surface area (Å²) in [5, 5.41) is 1.97. The maximum atomic E-state index is 12.7. The summed E-state index contributed by atoms with van der Waals surface area (Å²) in [6.07, 6.45) is 5.83. The second-order valence-electron chi connectivity index (χ2n) is 6.85. The Morgan fingerprint density at radius 3 is 2.75 bits per heavy atom. The van der Waals surface area contributed by atoms with Crippen LogP contribution in [0, 0.1) is 0 Å². The molecule has 0 saturated carbocycles. The van der Waals surface area contributed by atoms with Crippen molar-refractivity contribution in [3.8, 4) is 0 Å². The number of amides is 1. The number of likely N-dealkylation sites (tertiary alicyclic amines) is 1. The molecule has 1 fully saturated rings. The van der Waals surface area contributed by atoms with Crippen LogP contribution in [0.5, 0.6) is 0 Å². The Morgan fingerprint density at radius 1 is 1.42 bits per heavy atom. The summed E-state index contributed by atoms with van der Waals surface area (Å²) in [5.41, 5.74) is -0.542. The number of ether oxygens (including phenoxy) is 1. The molecule has 4 nitrogen and oxygen atoms in total. The van der Waals surface area contributed by atoms with Crippen molar-refractivity contribution in [1.29, 1.82) is 0 Å². The van der Waals surface area contributed by atoms with Crippen LogP contribution in [0.25, 0.3) is 6.08 Å². The number of hydrogen-bond donors (Lipinski definition) is 0. The van der Waals surface area contributed by atoms with Gasteiger partial charge in [-0.05, 0) is 57.6 Å². The summed E-state index contributed by atoms with van der Waals surface area (Å²) in [4.78, 5) is 28.0. The highest BCUT2D eigenvalue weighted by atomic mass is 127. The highest BCUT2D eigenvalue weighted by Crippen LogP contribution is 2.29. The predicted molar refractivity (Wildman–Crippen MR) is 106 cm³/mol. The molecule has 1 aromatic heterocycles. The number of esters is 1. The molecule has 0 bridgehead atoms. The largest absolute Gasteiger partial charge is 0.458 e. The molecule has 0 radical (unpaired) electrons. The van der Waals surface area contributed by atoms with Crippen LogP contribution in [0.3, 0.4) is 0 Å². The van der Waals surface area contributed by atoms with E-state index in [0.717, 1.165) is 22.1 Å². The third kappa shape index (κ3) is 5.31. The summed E-state index contributed by atoms with van der Waals surface area (Å²) < 4.78 is 6.48. The first-order valence-corrected chi connectivity index (χ1v) is 10.5. The van der Waals surface area contributed by atoms with Gasteiger partial charge in [-0.2, -0.15) is 0 Å². The Balaban J connectivity index is 2.15. The number of carbonyl (C=O) groups excluding carboxylic acids is 2. The molecule has 2 rings (SSSR count). The van der Waals surface area contributed by atoms with Gasteiger partial charge in [0.05, 0.1) is 0 Å². The quantitative estimate of drug-likeness (QED) is 0.285. The van der Waals surface area contributed by atoms with Crippen molar-refractivity contribution in [3.05, 3.63) is 28.5 Å². The van der Waals surface area contributed by atoms with E-state index in [1.54, 1.807) is 22.3 Å². The van der Waals surface area contributed by atoms with Gasteiger partial charge in [0.25, 0.3) is 0 Å². The average molecular weight is 461 g/mol. The van der Waals surface area contributed by atoms with Crippen molar-refractivity contribution in [2.45, 2.75) is 57.7 Å². The van der Waals surface area contributed by atoms with Crippen molar-refractivity contribution < 1.29 is 14.3 Å². The van der Waals surface area contributed by atoms with Gasteiger partial charge in [0, 0.05) is 21.4 Å². The Morgan fingerprint density at radius 2 is 2.17 bits per heavy atom. The molecule has 1 aliphatic rings. The standard InChI is InChI=1S/C18H24INO3S/c1-18(2,3)23-17(22)15-8-6-13(10-11-19)20(15)16(21)9-7-14-5-4-12-24-14/h4-5,7,9,12-13,15H,6,8,10-11H2,1-3H3/t13-,15+/m1/s1. The number of nitrogens with zero attached hydrogens (tertiary/aromatic N) is 1. The van der Waals surface area contributed by atoms with Gasteiger partial charge < -0.3 is 9.64 Å². The first kappa shape index (κ1) is 19.4. The van der Waals surface area contributed by atoms with E-state index in [9.17, 15) is 9.59 Å². The summed E-state index contributed by atoms with van der Waals surface area (Å²) >= 11 is 3.90. The molecule has 0 aromatic carbocycles. The van der Waals surface area contributed by atoms with Crippen molar-refractivity contribution in [2.75, 3.05) is 4.43 Å². The molecule has 2 heterocycles. The smallest absolute Gasteiger partial charge is 0.329 e. The molecule has 132 valence electrons. The van der Waals surface area contributed by atoms with E-state index in [1.807, 2.05) is 44.4 Å². The molecule has 0 aliphatic carbocycles. The molecule has 1 aromatic rings. The predicted octanol–water partition coefficient (Wildman–Crippen LogP) is 4.29. The van der Waals surface area contributed by atoms with E-state index in [1.165, 1.54) is 0 Å². The lowest BCUT2D eigenvalue weighted by atomic mass is 10.1. The lowest BCUT2D eigenvalue weighted by Crippen LogP contribution is -2.46. The van der Waals surface area contributed by atoms with Crippen molar-refractivity contribution in [2.24, 2.45) is 0 Å². The Hall–Kier alpha value is -0.890. The lowest BCUT2D eigenvalue weighted by Gasteiger charge is -2.30. The highest BCUT2D eigenvalue weighted by Gasteiger charge is 2.41. The zero-order valence-corrected chi connectivity index (χ0v) is 17.3. The van der Waals surface area contributed by atoms with Crippen molar-refractivity contribution in [1.82, 2.24) is 4.90 Å². The molecule has 0 N–H and O–H groups in total. The van der Waals surface area contributed by atoms with E-state index in [2.05, 4.69) is 22.6 Å². The van der Waals surface area contributed by atoms with Gasteiger partial charge >= 0.3 is 5.97 Å². The molecule has 24 heavy (non-hydrogen) atoms. The molecule has 1 amide bonds. The van der Waals surface area contributed by atoms with Crippen LogP contribution < -0.4 is 0 Å². The molecule has 1 aliphatic heterocycles. The normalized spacial score (nSPS) is 21.4. The second-order valence-corrected chi connectivity index (χ2v) is 8.91. The van der Waals surface area contributed by atoms with Crippen molar-refractivity contribution >= 4 is 51.9 Å². The van der Waals surface area contributed by atoms with Crippen LogP contribution in [0.4, 0.5) is 0 Å². The van der Waals surface area contributed by atoms with Crippen LogP contribution >= 0.6 is 33.9 Å². The Bertz CT molecular complexity index is 592. The first-order valence-electron chi connectivity index (χ1n) is 8.14. The molecular weight excluding hydrogens is 437 g/mol. The maximum Gasteiger partial charge on any atom is 0.329 e. The van der Waals surface area contributed by atoms with Gasteiger partial charge in [0.2, 0.25) is 5.91 Å². The fourth-order valence-corrected chi connectivity index (χ4v) is 4.19. The van der Waals surface area contributed by atoms with E-state index >= 15 is 0 Å². The van der Waals surface area contributed by atoms with Gasteiger partial charge in [0.15, 0.2) is 0 Å². The molecule has 6 heteroatoms. The third-order valence-electron chi connectivity index (χ3n) is 3.81. The van der Waals surface area contributed by atoms with Gasteiger partial charge in [0.1, 0.15) is 11.6 Å². The Kier molecular flexibility index (Phi) is 6.86. The minimum absolute atomic E-state index is 0.105. The van der Waals surface area contributed by atoms with Crippen molar-refractivity contribution in [3.63, 3.8) is 0 Å². The molecule has 2 atom stereocenters. The third-order valence-corrected chi connectivity index (χ3v) is 5.27. The number of thiophene rings is 1. The van der Waals surface area contributed by atoms with Gasteiger partial charge in [-0.1, -0.05) is 28.7 Å². The molecule has 0 spiro atoms. The summed E-state index contributed by atoms with van der Waals surface area (Å²) in [6, 6.07) is 3.55. The van der Waals surface area contributed by atoms with Gasteiger partial charge in [-0.3, -0.25) is 4.79 Å². The van der Waals surface area contributed by atoms with Gasteiger partial charge in [-0.15, -0.1) is 11.3 Å². The molecule has 1 saturated heterocycles. The maximum absolute atomic E-state index is 12.7. The van der Waals surface area contributed by atoms with E-state index in [4.69, 9.17) is 4.74 Å². The minimum atomic E-state index is -0.542. The average Bonchev–Trinajstić information content (AvgIpc) is 3.12. The number of carbonyl (C=O) groups is 2.